The quantitative estimate of drug-likeness (QED) is 0.778. The average molecular weight is 344 g/mol. The fourth-order valence-corrected chi connectivity index (χ4v) is 2.42. The van der Waals surface area contributed by atoms with Crippen LogP contribution >= 0.6 is 27.5 Å². The summed E-state index contributed by atoms with van der Waals surface area (Å²) in [6.07, 6.45) is 0. The van der Waals surface area contributed by atoms with Gasteiger partial charge in [0.05, 0.1) is 5.02 Å². The molecule has 0 amide bonds. The van der Waals surface area contributed by atoms with Crippen LogP contribution in [0, 0.1) is 0 Å². The molecule has 0 unspecified atom stereocenters. The van der Waals surface area contributed by atoms with Crippen LogP contribution in [0.1, 0.15) is 26.6 Å². The zero-order valence-corrected chi connectivity index (χ0v) is 13.4. The van der Waals surface area contributed by atoms with Crippen LogP contribution in [0.2, 0.25) is 5.02 Å². The second-order valence-electron chi connectivity index (χ2n) is 5.41. The number of nitrogens with zero attached hydrogens (tertiary/aromatic N) is 2. The first-order valence-electron chi connectivity index (χ1n) is 5.81. The van der Waals surface area contributed by atoms with Crippen molar-refractivity contribution in [2.45, 2.75) is 26.2 Å². The number of hydrogen-bond donors (Lipinski definition) is 2. The molecule has 2 rings (SSSR count). The molecular formula is C13H16BrClN4. The molecule has 0 saturated heterocycles. The van der Waals surface area contributed by atoms with E-state index in [9.17, 15) is 0 Å². The first kappa shape index (κ1) is 14.2. The molecule has 19 heavy (non-hydrogen) atoms. The maximum Gasteiger partial charge on any atom is 0.150 e. The number of rotatable bonds is 1. The molecule has 0 radical (unpaired) electrons. The summed E-state index contributed by atoms with van der Waals surface area (Å²) in [5, 5.41) is 0.591. The molecule has 0 fully saturated rings. The van der Waals surface area contributed by atoms with E-state index in [1.54, 1.807) is 6.07 Å². The lowest BCUT2D eigenvalue weighted by Gasteiger charge is -2.17. The molecule has 6 heteroatoms. The lowest BCUT2D eigenvalue weighted by molar-refractivity contribution is 0.532. The first-order chi connectivity index (χ1) is 8.71. The Bertz CT molecular complexity index is 628. The van der Waals surface area contributed by atoms with Crippen molar-refractivity contribution in [3.8, 4) is 11.3 Å². The topological polar surface area (TPSA) is 69.9 Å². The molecule has 0 aliphatic heterocycles. The van der Waals surface area contributed by atoms with Crippen LogP contribution in [0.4, 0.5) is 5.82 Å². The Morgan fingerprint density at radius 3 is 2.47 bits per heavy atom. The minimum absolute atomic E-state index is 0.195. The van der Waals surface area contributed by atoms with Gasteiger partial charge in [-0.1, -0.05) is 48.3 Å². The molecular weight excluding hydrogens is 328 g/mol. The molecule has 4 nitrogen and oxygen atoms in total. The maximum atomic E-state index is 6.21. The van der Waals surface area contributed by atoms with Crippen LogP contribution in [-0.2, 0) is 5.41 Å². The fourth-order valence-electron chi connectivity index (χ4n) is 1.85. The summed E-state index contributed by atoms with van der Waals surface area (Å²) >= 11 is 9.63. The zero-order valence-electron chi connectivity index (χ0n) is 11.0. The van der Waals surface area contributed by atoms with Gasteiger partial charge in [0.1, 0.15) is 11.5 Å². The Balaban J connectivity index is 2.67. The number of aromatic nitrogens is 2. The molecule has 4 N–H and O–H groups in total. The van der Waals surface area contributed by atoms with E-state index >= 15 is 0 Å². The summed E-state index contributed by atoms with van der Waals surface area (Å²) in [5.74, 6) is 7.12. The van der Waals surface area contributed by atoms with Gasteiger partial charge in [-0.05, 0) is 18.2 Å². The molecule has 1 aromatic heterocycles. The Morgan fingerprint density at radius 1 is 1.32 bits per heavy atom. The average Bonchev–Trinajstić information content (AvgIpc) is 2.59. The van der Waals surface area contributed by atoms with Crippen molar-refractivity contribution in [3.63, 3.8) is 0 Å². The van der Waals surface area contributed by atoms with Crippen molar-refractivity contribution in [2.75, 3.05) is 11.6 Å². The van der Waals surface area contributed by atoms with Crippen molar-refractivity contribution in [1.29, 1.82) is 0 Å². The second kappa shape index (κ2) is 4.72. The minimum atomic E-state index is -0.195. The molecule has 0 atom stereocenters. The molecule has 1 heterocycles. The predicted molar refractivity (Wildman–Crippen MR) is 83.6 cm³/mol. The Hall–Kier alpha value is -1.20. The van der Waals surface area contributed by atoms with Gasteiger partial charge in [-0.25, -0.2) is 9.66 Å². The van der Waals surface area contributed by atoms with Crippen LogP contribution in [0.15, 0.2) is 22.7 Å². The molecule has 1 aromatic carbocycles. The standard InChI is InChI=1S/C13H16BrClN4/c1-13(2,3)12-18-10(11(16)19(12)17)8-6-7(14)4-5-9(8)15/h4-6H,16-17H2,1-3H3. The Kier molecular flexibility index (Phi) is 3.53. The van der Waals surface area contributed by atoms with Crippen LogP contribution < -0.4 is 11.6 Å². The highest BCUT2D eigenvalue weighted by atomic mass is 79.9. The maximum absolute atomic E-state index is 6.21. The highest BCUT2D eigenvalue weighted by molar-refractivity contribution is 9.10. The minimum Gasteiger partial charge on any atom is -0.382 e. The largest absolute Gasteiger partial charge is 0.382 e. The van der Waals surface area contributed by atoms with Gasteiger partial charge in [-0.2, -0.15) is 0 Å². The first-order valence-corrected chi connectivity index (χ1v) is 6.98. The van der Waals surface area contributed by atoms with Crippen molar-refractivity contribution in [2.24, 2.45) is 0 Å². The predicted octanol–water partition coefficient (Wildman–Crippen LogP) is 3.56. The summed E-state index contributed by atoms with van der Waals surface area (Å²) in [7, 11) is 0. The van der Waals surface area contributed by atoms with E-state index in [1.807, 2.05) is 32.9 Å². The van der Waals surface area contributed by atoms with Crippen LogP contribution in [0.5, 0.6) is 0 Å². The summed E-state index contributed by atoms with van der Waals surface area (Å²) in [5.41, 5.74) is 7.23. The van der Waals surface area contributed by atoms with Gasteiger partial charge in [0, 0.05) is 15.5 Å². The van der Waals surface area contributed by atoms with Gasteiger partial charge in [0.2, 0.25) is 0 Å². The third kappa shape index (κ3) is 2.58. The number of nitrogen functional groups attached to an aromatic ring is 2. The number of hydrogen-bond acceptors (Lipinski definition) is 3. The molecule has 0 spiro atoms. The lowest BCUT2D eigenvalue weighted by atomic mass is 9.96. The molecule has 2 aromatic rings. The fraction of sp³-hybridized carbons (Fsp3) is 0.308. The van der Waals surface area contributed by atoms with E-state index in [0.29, 0.717) is 16.5 Å². The number of benzene rings is 1. The van der Waals surface area contributed by atoms with Gasteiger partial charge in [-0.15, -0.1) is 0 Å². The molecule has 0 aliphatic carbocycles. The van der Waals surface area contributed by atoms with Crippen molar-refractivity contribution < 1.29 is 0 Å². The van der Waals surface area contributed by atoms with E-state index in [1.165, 1.54) is 4.68 Å². The number of halogens is 2. The third-order valence-corrected chi connectivity index (χ3v) is 3.63. The summed E-state index contributed by atoms with van der Waals surface area (Å²) in [4.78, 5) is 4.56. The van der Waals surface area contributed by atoms with Gasteiger partial charge in [0.25, 0.3) is 0 Å². The van der Waals surface area contributed by atoms with Crippen LogP contribution in [-0.4, -0.2) is 9.66 Å². The lowest BCUT2D eigenvalue weighted by Crippen LogP contribution is -2.24. The molecule has 0 bridgehead atoms. The van der Waals surface area contributed by atoms with Crippen LogP contribution in [0.25, 0.3) is 11.3 Å². The van der Waals surface area contributed by atoms with E-state index in [2.05, 4.69) is 20.9 Å². The summed E-state index contributed by atoms with van der Waals surface area (Å²) in [6, 6.07) is 5.55. The number of nitrogens with two attached hydrogens (primary N) is 2. The van der Waals surface area contributed by atoms with Crippen molar-refractivity contribution >= 4 is 33.3 Å². The van der Waals surface area contributed by atoms with Crippen LogP contribution in [0.3, 0.4) is 0 Å². The van der Waals surface area contributed by atoms with E-state index < -0.39 is 0 Å². The van der Waals surface area contributed by atoms with Gasteiger partial charge >= 0.3 is 0 Å². The Morgan fingerprint density at radius 2 is 1.95 bits per heavy atom. The highest BCUT2D eigenvalue weighted by Crippen LogP contribution is 2.35. The third-order valence-electron chi connectivity index (χ3n) is 2.80. The van der Waals surface area contributed by atoms with Crippen molar-refractivity contribution in [1.82, 2.24) is 9.66 Å². The number of imidazole rings is 1. The molecule has 102 valence electrons. The smallest absolute Gasteiger partial charge is 0.150 e. The highest BCUT2D eigenvalue weighted by Gasteiger charge is 2.25. The van der Waals surface area contributed by atoms with Gasteiger partial charge < -0.3 is 11.6 Å². The van der Waals surface area contributed by atoms with E-state index in [-0.39, 0.29) is 5.41 Å². The summed E-state index contributed by atoms with van der Waals surface area (Å²) in [6.45, 7) is 6.10. The molecule has 0 aliphatic rings. The van der Waals surface area contributed by atoms with Gasteiger partial charge in [0.15, 0.2) is 5.82 Å². The van der Waals surface area contributed by atoms with Gasteiger partial charge in [-0.3, -0.25) is 0 Å². The van der Waals surface area contributed by atoms with E-state index in [0.717, 1.165) is 15.9 Å². The molecule has 0 saturated carbocycles. The summed E-state index contributed by atoms with van der Waals surface area (Å²) < 4.78 is 2.34. The van der Waals surface area contributed by atoms with Crippen molar-refractivity contribution in [3.05, 3.63) is 33.5 Å². The number of anilines is 1. The normalized spacial score (nSPS) is 11.8. The SMILES string of the molecule is CC(C)(C)c1nc(-c2cc(Br)ccc2Cl)c(N)n1N. The second-order valence-corrected chi connectivity index (χ2v) is 6.74. The zero-order chi connectivity index (χ0) is 14.4. The van der Waals surface area contributed by atoms with E-state index in [4.69, 9.17) is 23.2 Å². The monoisotopic (exact) mass is 342 g/mol. The Labute approximate surface area is 125 Å².